The molecular weight excluding hydrogens is 786 g/mol. The molecule has 9 rings (SSSR count). The molecule has 60 heavy (non-hydrogen) atoms. The van der Waals surface area contributed by atoms with E-state index in [0.29, 0.717) is 12.2 Å². The summed E-state index contributed by atoms with van der Waals surface area (Å²) in [6, 6.07) is 5.51. The average molecular weight is 832 g/mol. The number of hydrogen-bond donors (Lipinski definition) is 8. The van der Waals surface area contributed by atoms with Gasteiger partial charge in [-0.05, 0) is 20.8 Å². The van der Waals surface area contributed by atoms with Gasteiger partial charge in [0, 0.05) is 78.4 Å². The number of aliphatic hydroxyl groups is 2. The quantitative estimate of drug-likeness (QED) is 0.0871. The number of allylic oxidation sites excluding steroid dienone is 2. The molecule has 19 heteroatoms. The van der Waals surface area contributed by atoms with Crippen LogP contribution in [0.1, 0.15) is 82.7 Å². The number of piperazine rings is 1. The number of benzene rings is 2. The van der Waals surface area contributed by atoms with E-state index < -0.39 is 95.0 Å². The summed E-state index contributed by atoms with van der Waals surface area (Å²) < 4.78 is 22.5. The summed E-state index contributed by atoms with van der Waals surface area (Å²) in [4.78, 5) is 77.5. The van der Waals surface area contributed by atoms with E-state index in [4.69, 9.17) is 36.1 Å². The molecule has 0 spiro atoms. The number of amides is 1. The third-order valence-corrected chi connectivity index (χ3v) is 13.0. The van der Waals surface area contributed by atoms with Gasteiger partial charge < -0.3 is 66.8 Å². The molecule has 3 aliphatic carbocycles. The van der Waals surface area contributed by atoms with Crippen LogP contribution in [0.4, 0.5) is 4.79 Å². The van der Waals surface area contributed by atoms with Gasteiger partial charge in [-0.1, -0.05) is 24.3 Å². The molecule has 4 aliphatic heterocycles. The van der Waals surface area contributed by atoms with Crippen LogP contribution >= 0.6 is 0 Å². The van der Waals surface area contributed by atoms with E-state index in [-0.39, 0.29) is 87.5 Å². The van der Waals surface area contributed by atoms with Crippen LogP contribution in [0, 0.1) is 5.92 Å². The van der Waals surface area contributed by atoms with Crippen molar-refractivity contribution in [1.82, 2.24) is 10.2 Å². The fourth-order valence-corrected chi connectivity index (χ4v) is 9.73. The van der Waals surface area contributed by atoms with Crippen molar-refractivity contribution in [2.75, 3.05) is 20.3 Å². The maximum Gasteiger partial charge on any atom is 0.404 e. The summed E-state index contributed by atoms with van der Waals surface area (Å²) in [6.07, 6.45) is -5.33. The Kier molecular flexibility index (Phi) is 9.82. The normalized spacial score (nSPS) is 33.5. The molecule has 3 saturated heterocycles. The number of nitrogens with zero attached hydrogens (tertiary/aromatic N) is 1. The number of nitrogens with two attached hydrogens (primary N) is 3. The number of primary amides is 1. The summed E-state index contributed by atoms with van der Waals surface area (Å²) in [6.45, 7) is 4.72. The van der Waals surface area contributed by atoms with E-state index in [1.54, 1.807) is 19.1 Å². The number of aliphatic hydroxyl groups excluding tert-OH is 1. The Morgan fingerprint density at radius 1 is 1.03 bits per heavy atom. The van der Waals surface area contributed by atoms with Crippen molar-refractivity contribution in [3.05, 3.63) is 80.2 Å². The number of carbonyl (C=O) groups is 6. The highest BCUT2D eigenvalue weighted by molar-refractivity contribution is 6.30. The lowest BCUT2D eigenvalue weighted by Crippen LogP contribution is -2.55. The van der Waals surface area contributed by atoms with E-state index >= 15 is 0 Å². The Bertz CT molecular complexity index is 2370. The lowest BCUT2D eigenvalue weighted by molar-refractivity contribution is -0.247. The zero-order valence-electron chi connectivity index (χ0n) is 33.0. The molecule has 0 bridgehead atoms. The third kappa shape index (κ3) is 5.90. The molecule has 0 radical (unpaired) electrons. The number of phenolic OH excluding ortho intramolecular Hbond substituents is 2. The minimum Gasteiger partial charge on any atom is -0.507 e. The van der Waals surface area contributed by atoms with Crippen LogP contribution in [-0.4, -0.2) is 129 Å². The number of nitrogens with one attached hydrogen (secondary N) is 1. The Hall–Kier alpha value is -5.54. The molecule has 0 saturated carbocycles. The Morgan fingerprint density at radius 2 is 1.67 bits per heavy atom. The van der Waals surface area contributed by atoms with Crippen molar-refractivity contribution in [3.8, 4) is 11.5 Å². The SMILES string of the molecule is CC(=O)[C@]1(O)Cc2c(O)c3c(c(O)c2[C@@H](O[C@H]2C[C@H](N)[C@H](O)[C@H](C)O2)C1)C(=O)c1ccccc1C3=O.CO[C@@]12[C@H](COC(N)=O)C3=C(C(=O)C(C)=C(N)C3=O)N1C[C@@H]1N[C@@H]12. The summed E-state index contributed by atoms with van der Waals surface area (Å²) >= 11 is 0. The highest BCUT2D eigenvalue weighted by atomic mass is 16.7. The molecular formula is C41H45N5O14. The van der Waals surface area contributed by atoms with Crippen LogP contribution in [0.5, 0.6) is 11.5 Å². The summed E-state index contributed by atoms with van der Waals surface area (Å²) in [5.41, 5.74) is 14.1. The smallest absolute Gasteiger partial charge is 0.404 e. The number of carbonyl (C=O) groups excluding carboxylic acids is 6. The molecule has 2 aromatic carbocycles. The molecule has 0 aromatic heterocycles. The fourth-order valence-electron chi connectivity index (χ4n) is 9.73. The minimum absolute atomic E-state index is 0.00588. The van der Waals surface area contributed by atoms with Gasteiger partial charge in [0.25, 0.3) is 0 Å². The average Bonchev–Trinajstić information content (AvgIpc) is 3.82. The molecule has 0 unspecified atom stereocenters. The fraction of sp³-hybridized carbons (Fsp3) is 0.463. The second kappa shape index (κ2) is 14.3. The van der Waals surface area contributed by atoms with Gasteiger partial charge in [-0.25, -0.2) is 4.79 Å². The molecule has 10 atom stereocenters. The molecule has 318 valence electrons. The predicted molar refractivity (Wildman–Crippen MR) is 204 cm³/mol. The number of ether oxygens (including phenoxy) is 4. The first kappa shape index (κ1) is 41.2. The van der Waals surface area contributed by atoms with Gasteiger partial charge in [-0.3, -0.25) is 24.0 Å². The maximum absolute atomic E-state index is 13.3. The molecule has 7 aliphatic rings. The molecule has 11 N–H and O–H groups in total. The second-order valence-corrected chi connectivity index (χ2v) is 16.3. The lowest BCUT2D eigenvalue weighted by Gasteiger charge is -2.42. The number of fused-ring (bicyclic) bond motifs is 7. The topological polar surface area (TPSA) is 323 Å². The van der Waals surface area contributed by atoms with Gasteiger partial charge >= 0.3 is 6.09 Å². The number of Topliss-reactive ketones (excluding diaryl/α,β-unsaturated/α-hetero) is 3. The Labute approximate surface area is 342 Å². The first-order chi connectivity index (χ1) is 28.3. The number of rotatable bonds is 6. The first-order valence-electron chi connectivity index (χ1n) is 19.4. The van der Waals surface area contributed by atoms with Crippen molar-refractivity contribution in [2.45, 2.75) is 94.1 Å². The maximum atomic E-state index is 13.3. The van der Waals surface area contributed by atoms with Crippen LogP contribution in [0.3, 0.4) is 0 Å². The standard InChI is InChI=1S/C26H27NO9.C15H18N4O5/c1-10-21(29)15(27)7-17(35-10)36-16-9-26(34,11(2)28)8-14-18(16)25(33)20-19(24(14)32)22(30)12-5-3-4-6-13(12)23(20)31;1-5-9(16)12(21)8-6(4-24-14(17)22)15(23-2)13-7(18-13)3-19(15)10(8)11(5)20/h3-6,10,15-17,21,29,32-34H,7-9,27H2,1-2H3;6-7,13,18H,3-4,16H2,1-2H3,(H2,17,22)/t10-,15-,16-,17-,21+,26-;6-,7+,13+,15-/m01/s1. The van der Waals surface area contributed by atoms with E-state index in [9.17, 15) is 49.2 Å². The zero-order valence-corrected chi connectivity index (χ0v) is 33.0. The highest BCUT2D eigenvalue weighted by Crippen LogP contribution is 2.56. The number of hydrogen-bond acceptors (Lipinski definition) is 18. The van der Waals surface area contributed by atoms with Crippen LogP contribution < -0.4 is 22.5 Å². The van der Waals surface area contributed by atoms with Crippen LogP contribution in [0.25, 0.3) is 0 Å². The van der Waals surface area contributed by atoms with E-state index in [1.807, 2.05) is 4.90 Å². The Morgan fingerprint density at radius 3 is 2.25 bits per heavy atom. The molecule has 3 fully saturated rings. The van der Waals surface area contributed by atoms with Crippen LogP contribution in [-0.2, 0) is 39.8 Å². The van der Waals surface area contributed by atoms with Crippen molar-refractivity contribution < 1.29 is 68.1 Å². The van der Waals surface area contributed by atoms with E-state index in [2.05, 4.69) is 5.32 Å². The number of aromatic hydroxyl groups is 2. The van der Waals surface area contributed by atoms with Gasteiger partial charge in [0.15, 0.2) is 29.4 Å². The molecule has 19 nitrogen and oxygen atoms in total. The van der Waals surface area contributed by atoms with Gasteiger partial charge in [0.1, 0.15) is 23.7 Å². The van der Waals surface area contributed by atoms with Crippen molar-refractivity contribution >= 4 is 35.0 Å². The summed E-state index contributed by atoms with van der Waals surface area (Å²) in [7, 11) is 1.52. The van der Waals surface area contributed by atoms with Gasteiger partial charge in [0.2, 0.25) is 11.6 Å². The number of ketones is 5. The largest absolute Gasteiger partial charge is 0.507 e. The van der Waals surface area contributed by atoms with Crippen LogP contribution in [0.2, 0.25) is 0 Å². The van der Waals surface area contributed by atoms with Crippen molar-refractivity contribution in [1.29, 1.82) is 0 Å². The number of methoxy groups -OCH3 is 1. The zero-order chi connectivity index (χ0) is 43.5. The minimum atomic E-state index is -1.97. The summed E-state index contributed by atoms with van der Waals surface area (Å²) in [5, 5.41) is 47.1. The molecule has 1 amide bonds. The lowest BCUT2D eigenvalue weighted by atomic mass is 9.72. The van der Waals surface area contributed by atoms with Crippen molar-refractivity contribution in [3.63, 3.8) is 0 Å². The molecule has 4 heterocycles. The highest BCUT2D eigenvalue weighted by Gasteiger charge is 2.72. The first-order valence-corrected chi connectivity index (χ1v) is 19.4. The van der Waals surface area contributed by atoms with Crippen LogP contribution in [0.15, 0.2) is 46.8 Å². The van der Waals surface area contributed by atoms with Gasteiger partial charge in [-0.15, -0.1) is 0 Å². The van der Waals surface area contributed by atoms with Gasteiger partial charge in [-0.2, -0.15) is 0 Å². The van der Waals surface area contributed by atoms with E-state index in [1.165, 1.54) is 33.1 Å². The second-order valence-electron chi connectivity index (χ2n) is 16.3. The number of phenols is 2. The summed E-state index contributed by atoms with van der Waals surface area (Å²) in [5.74, 6) is -4.40. The third-order valence-electron chi connectivity index (χ3n) is 13.0. The van der Waals surface area contributed by atoms with Gasteiger partial charge in [0.05, 0.1) is 52.8 Å². The van der Waals surface area contributed by atoms with Crippen molar-refractivity contribution in [2.24, 2.45) is 23.1 Å². The van der Waals surface area contributed by atoms with E-state index in [0.717, 1.165) is 0 Å². The predicted octanol–water partition coefficient (Wildman–Crippen LogP) is -0.631. The molecule has 2 aromatic rings. The Balaban J connectivity index is 0.000000180. The monoisotopic (exact) mass is 831 g/mol.